The fraction of sp³-hybridized carbons (Fsp3) is 0.312. The quantitative estimate of drug-likeness (QED) is 0.679. The number of halogens is 2. The van der Waals surface area contributed by atoms with Gasteiger partial charge < -0.3 is 4.90 Å². The van der Waals surface area contributed by atoms with E-state index < -0.39 is 0 Å². The van der Waals surface area contributed by atoms with Crippen molar-refractivity contribution in [3.8, 4) is 0 Å². The first-order valence-electron chi connectivity index (χ1n) is 7.47. The van der Waals surface area contributed by atoms with E-state index >= 15 is 0 Å². The summed E-state index contributed by atoms with van der Waals surface area (Å²) in [6.07, 6.45) is 1.72. The highest BCUT2D eigenvalue weighted by Crippen LogP contribution is 2.30. The fourth-order valence-electron chi connectivity index (χ4n) is 2.27. The molecular formula is C16H19ClFN5OS. The maximum atomic E-state index is 13.9. The van der Waals surface area contributed by atoms with Gasteiger partial charge in [-0.25, -0.2) is 9.37 Å². The molecule has 0 aliphatic rings. The van der Waals surface area contributed by atoms with Gasteiger partial charge in [0, 0.05) is 26.3 Å². The van der Waals surface area contributed by atoms with Crippen LogP contribution in [0.25, 0.3) is 10.2 Å². The maximum Gasteiger partial charge on any atom is 0.280 e. The molecule has 0 saturated heterocycles. The van der Waals surface area contributed by atoms with Crippen molar-refractivity contribution < 1.29 is 9.18 Å². The number of nitrogens with zero attached hydrogens (tertiary/aromatic N) is 5. The zero-order chi connectivity index (χ0) is 17.3. The molecule has 9 heteroatoms. The smallest absolute Gasteiger partial charge is 0.280 e. The highest BCUT2D eigenvalue weighted by molar-refractivity contribution is 7.22. The van der Waals surface area contributed by atoms with Crippen LogP contribution in [-0.4, -0.2) is 52.8 Å². The summed E-state index contributed by atoms with van der Waals surface area (Å²) >= 11 is 1.30. The number of para-hydroxylation sites is 1. The van der Waals surface area contributed by atoms with Crippen LogP contribution in [0.15, 0.2) is 30.5 Å². The Balaban J connectivity index is 0.00000225. The molecule has 1 aromatic carbocycles. The van der Waals surface area contributed by atoms with Gasteiger partial charge in [0.15, 0.2) is 10.8 Å². The van der Waals surface area contributed by atoms with Crippen LogP contribution in [-0.2, 0) is 7.05 Å². The molecule has 2 aromatic heterocycles. The number of aromatic nitrogens is 3. The highest BCUT2D eigenvalue weighted by Gasteiger charge is 2.23. The Morgan fingerprint density at radius 2 is 2.04 bits per heavy atom. The van der Waals surface area contributed by atoms with Crippen molar-refractivity contribution in [1.82, 2.24) is 19.7 Å². The number of anilines is 1. The molecule has 0 bridgehead atoms. The van der Waals surface area contributed by atoms with E-state index in [4.69, 9.17) is 0 Å². The second-order valence-electron chi connectivity index (χ2n) is 5.72. The third-order valence-electron chi connectivity index (χ3n) is 3.54. The summed E-state index contributed by atoms with van der Waals surface area (Å²) < 4.78 is 16.2. The molecule has 0 saturated carbocycles. The molecule has 0 spiro atoms. The lowest BCUT2D eigenvalue weighted by Crippen LogP contribution is -2.37. The van der Waals surface area contributed by atoms with Gasteiger partial charge >= 0.3 is 0 Å². The Labute approximate surface area is 155 Å². The van der Waals surface area contributed by atoms with Crippen LogP contribution in [0.3, 0.4) is 0 Å². The molecule has 25 heavy (non-hydrogen) atoms. The van der Waals surface area contributed by atoms with Gasteiger partial charge in [0.25, 0.3) is 5.91 Å². The van der Waals surface area contributed by atoms with E-state index in [2.05, 4.69) is 10.1 Å². The Morgan fingerprint density at radius 3 is 2.64 bits per heavy atom. The standard InChI is InChI=1S/C16H18FN5OS.ClH/c1-20(2)9-10-22(15(23)12-7-8-21(3)19-12)16-18-14-11(17)5-4-6-13(14)24-16;/h4-8H,9-10H2,1-3H3;1H. The lowest BCUT2D eigenvalue weighted by molar-refractivity contribution is 0.0979. The minimum absolute atomic E-state index is 0. The van der Waals surface area contributed by atoms with Crippen LogP contribution in [0.5, 0.6) is 0 Å². The first kappa shape index (κ1) is 19.3. The monoisotopic (exact) mass is 383 g/mol. The van der Waals surface area contributed by atoms with Crippen LogP contribution in [0, 0.1) is 5.82 Å². The SMILES string of the molecule is CN(C)CCN(C(=O)c1ccn(C)n1)c1nc2c(F)cccc2s1.Cl. The van der Waals surface area contributed by atoms with Crippen molar-refractivity contribution in [2.45, 2.75) is 0 Å². The number of benzene rings is 1. The van der Waals surface area contributed by atoms with E-state index in [1.54, 1.807) is 41.0 Å². The van der Waals surface area contributed by atoms with E-state index in [9.17, 15) is 9.18 Å². The first-order valence-corrected chi connectivity index (χ1v) is 8.28. The number of carbonyl (C=O) groups is 1. The number of likely N-dealkylation sites (N-methyl/N-ethyl adjacent to an activating group) is 1. The van der Waals surface area contributed by atoms with Crippen molar-refractivity contribution in [3.05, 3.63) is 42.0 Å². The average Bonchev–Trinajstić information content (AvgIpc) is 3.14. The number of thiazole rings is 1. The van der Waals surface area contributed by atoms with Gasteiger partial charge in [0.05, 0.1) is 4.70 Å². The maximum absolute atomic E-state index is 13.9. The van der Waals surface area contributed by atoms with Gasteiger partial charge in [-0.2, -0.15) is 5.10 Å². The summed E-state index contributed by atoms with van der Waals surface area (Å²) in [5.41, 5.74) is 0.636. The minimum atomic E-state index is -0.382. The Bertz CT molecular complexity index is 878. The predicted molar refractivity (Wildman–Crippen MR) is 100 cm³/mol. The average molecular weight is 384 g/mol. The molecule has 0 aliphatic carbocycles. The van der Waals surface area contributed by atoms with E-state index in [0.717, 1.165) is 0 Å². The molecule has 134 valence electrons. The van der Waals surface area contributed by atoms with Crippen molar-refractivity contribution in [2.24, 2.45) is 7.05 Å². The molecule has 0 radical (unpaired) electrons. The van der Waals surface area contributed by atoms with Crippen LogP contribution in [0.2, 0.25) is 0 Å². The summed E-state index contributed by atoms with van der Waals surface area (Å²) in [6, 6.07) is 6.48. The zero-order valence-electron chi connectivity index (χ0n) is 14.1. The fourth-order valence-corrected chi connectivity index (χ4v) is 3.27. The molecule has 0 atom stereocenters. The normalized spacial score (nSPS) is 10.9. The molecule has 6 nitrogen and oxygen atoms in total. The summed E-state index contributed by atoms with van der Waals surface area (Å²) in [7, 11) is 5.62. The number of amides is 1. The number of hydrogen-bond donors (Lipinski definition) is 0. The van der Waals surface area contributed by atoms with Gasteiger partial charge in [-0.15, -0.1) is 12.4 Å². The second-order valence-corrected chi connectivity index (χ2v) is 6.73. The molecule has 0 fully saturated rings. The third-order valence-corrected chi connectivity index (χ3v) is 4.58. The van der Waals surface area contributed by atoms with Gasteiger partial charge in [-0.05, 0) is 32.3 Å². The Morgan fingerprint density at radius 1 is 1.28 bits per heavy atom. The predicted octanol–water partition coefficient (Wildman–Crippen LogP) is 2.80. The third kappa shape index (κ3) is 4.15. The lowest BCUT2D eigenvalue weighted by atomic mass is 10.3. The van der Waals surface area contributed by atoms with Crippen molar-refractivity contribution in [2.75, 3.05) is 32.1 Å². The van der Waals surface area contributed by atoms with E-state index in [1.807, 2.05) is 19.0 Å². The summed E-state index contributed by atoms with van der Waals surface area (Å²) in [5, 5.41) is 4.65. The summed E-state index contributed by atoms with van der Waals surface area (Å²) in [4.78, 5) is 20.7. The van der Waals surface area contributed by atoms with Crippen LogP contribution in [0.1, 0.15) is 10.5 Å². The molecular weight excluding hydrogens is 365 g/mol. The van der Waals surface area contributed by atoms with Crippen LogP contribution in [0.4, 0.5) is 9.52 Å². The van der Waals surface area contributed by atoms with Gasteiger partial charge in [0.1, 0.15) is 11.3 Å². The van der Waals surface area contributed by atoms with Crippen LogP contribution >= 0.6 is 23.7 Å². The molecule has 0 aliphatic heterocycles. The topological polar surface area (TPSA) is 54.3 Å². The highest BCUT2D eigenvalue weighted by atomic mass is 35.5. The summed E-state index contributed by atoms with van der Waals surface area (Å²) in [6.45, 7) is 1.11. The van der Waals surface area contributed by atoms with E-state index in [-0.39, 0.29) is 24.1 Å². The van der Waals surface area contributed by atoms with E-state index in [1.165, 1.54) is 17.4 Å². The van der Waals surface area contributed by atoms with Crippen molar-refractivity contribution in [3.63, 3.8) is 0 Å². The molecule has 2 heterocycles. The molecule has 3 aromatic rings. The first-order chi connectivity index (χ1) is 11.5. The Kier molecular flexibility index (Phi) is 6.10. The molecule has 1 amide bonds. The molecule has 0 N–H and O–H groups in total. The van der Waals surface area contributed by atoms with Gasteiger partial charge in [-0.1, -0.05) is 17.4 Å². The van der Waals surface area contributed by atoms with Gasteiger partial charge in [0.2, 0.25) is 0 Å². The van der Waals surface area contributed by atoms with Crippen LogP contribution < -0.4 is 4.90 Å². The van der Waals surface area contributed by atoms with Crippen molar-refractivity contribution in [1.29, 1.82) is 0 Å². The zero-order valence-corrected chi connectivity index (χ0v) is 15.8. The number of rotatable bonds is 5. The number of hydrogen-bond acceptors (Lipinski definition) is 5. The molecule has 0 unspecified atom stereocenters. The molecule has 3 rings (SSSR count). The van der Waals surface area contributed by atoms with Crippen molar-refractivity contribution >= 4 is 45.0 Å². The number of carbonyl (C=O) groups excluding carboxylic acids is 1. The minimum Gasteiger partial charge on any atom is -0.308 e. The number of aryl methyl sites for hydroxylation is 1. The summed E-state index contributed by atoms with van der Waals surface area (Å²) in [5.74, 6) is -0.621. The Hall–Kier alpha value is -2.03. The van der Waals surface area contributed by atoms with E-state index in [0.29, 0.717) is 34.1 Å². The number of fused-ring (bicyclic) bond motifs is 1. The largest absolute Gasteiger partial charge is 0.308 e. The second kappa shape index (κ2) is 7.90. The lowest BCUT2D eigenvalue weighted by Gasteiger charge is -2.21. The van der Waals surface area contributed by atoms with Gasteiger partial charge in [-0.3, -0.25) is 14.4 Å².